The van der Waals surface area contributed by atoms with E-state index in [9.17, 15) is 0 Å². The number of hydrogen-bond donors (Lipinski definition) is 1. The lowest BCUT2D eigenvalue weighted by molar-refractivity contribution is 0.374. The van der Waals surface area contributed by atoms with Crippen molar-refractivity contribution < 1.29 is 0 Å². The second-order valence-corrected chi connectivity index (χ2v) is 6.04. The maximum Gasteiger partial charge on any atom is 0.146 e. The van der Waals surface area contributed by atoms with Crippen molar-refractivity contribution in [3.05, 3.63) is 17.6 Å². The lowest BCUT2D eigenvalue weighted by Crippen LogP contribution is -2.13. The smallest absolute Gasteiger partial charge is 0.146 e. The highest BCUT2D eigenvalue weighted by atomic mass is 15.1. The highest BCUT2D eigenvalue weighted by molar-refractivity contribution is 5.90. The lowest BCUT2D eigenvalue weighted by Gasteiger charge is -2.23. The number of aromatic nitrogens is 3. The summed E-state index contributed by atoms with van der Waals surface area (Å²) in [5.74, 6) is 0.611. The molecule has 2 aromatic rings. The van der Waals surface area contributed by atoms with E-state index in [1.165, 1.54) is 56.2 Å². The van der Waals surface area contributed by atoms with Gasteiger partial charge in [-0.25, -0.2) is 9.97 Å². The average molecular weight is 272 g/mol. The number of rotatable bonds is 1. The van der Waals surface area contributed by atoms with Gasteiger partial charge in [0.05, 0.1) is 5.39 Å². The fourth-order valence-electron chi connectivity index (χ4n) is 3.59. The summed E-state index contributed by atoms with van der Waals surface area (Å²) in [5, 5.41) is 1.05. The molecule has 2 aromatic heterocycles. The molecule has 20 heavy (non-hydrogen) atoms. The Morgan fingerprint density at radius 1 is 1.05 bits per heavy atom. The largest absolute Gasteiger partial charge is 0.383 e. The maximum absolute atomic E-state index is 6.06. The van der Waals surface area contributed by atoms with E-state index < -0.39 is 0 Å². The van der Waals surface area contributed by atoms with Crippen molar-refractivity contribution in [2.75, 3.05) is 5.73 Å². The van der Waals surface area contributed by atoms with E-state index >= 15 is 0 Å². The molecule has 2 N–H and O–H groups in total. The van der Waals surface area contributed by atoms with Crippen LogP contribution in [0.1, 0.15) is 62.2 Å². The minimum absolute atomic E-state index is 0.570. The van der Waals surface area contributed by atoms with Crippen LogP contribution in [0.25, 0.3) is 11.0 Å². The number of aryl methyl sites for hydroxylation is 1. The van der Waals surface area contributed by atoms with Crippen LogP contribution in [-0.2, 0) is 0 Å². The number of nitrogen functional groups attached to an aromatic ring is 1. The number of anilines is 1. The molecule has 0 aliphatic heterocycles. The fourth-order valence-corrected chi connectivity index (χ4v) is 3.59. The van der Waals surface area contributed by atoms with Gasteiger partial charge in [-0.3, -0.25) is 0 Å². The number of fused-ring (bicyclic) bond motifs is 1. The molecule has 4 heteroatoms. The zero-order valence-corrected chi connectivity index (χ0v) is 12.5. The summed E-state index contributed by atoms with van der Waals surface area (Å²) in [7, 11) is 0. The highest BCUT2D eigenvalue weighted by Gasteiger charge is 2.21. The molecule has 1 aliphatic rings. The summed E-state index contributed by atoms with van der Waals surface area (Å²) >= 11 is 0. The fraction of sp³-hybridized carbons (Fsp3) is 0.625. The van der Waals surface area contributed by atoms with Crippen LogP contribution in [0.4, 0.5) is 5.82 Å². The second-order valence-electron chi connectivity index (χ2n) is 6.04. The summed E-state index contributed by atoms with van der Waals surface area (Å²) in [6, 6.07) is 0.570. The van der Waals surface area contributed by atoms with Gasteiger partial charge in [0.1, 0.15) is 17.8 Å². The van der Waals surface area contributed by atoms with Crippen molar-refractivity contribution in [2.24, 2.45) is 0 Å². The second kappa shape index (κ2) is 5.43. The monoisotopic (exact) mass is 272 g/mol. The molecule has 0 saturated heterocycles. The summed E-state index contributed by atoms with van der Waals surface area (Å²) in [5.41, 5.74) is 9.63. The van der Waals surface area contributed by atoms with Gasteiger partial charge in [-0.05, 0) is 32.3 Å². The van der Waals surface area contributed by atoms with Gasteiger partial charge >= 0.3 is 0 Å². The third-order valence-corrected chi connectivity index (χ3v) is 4.80. The normalized spacial score (nSPS) is 18.1. The van der Waals surface area contributed by atoms with Gasteiger partial charge < -0.3 is 10.3 Å². The van der Waals surface area contributed by atoms with Gasteiger partial charge in [0, 0.05) is 11.7 Å². The van der Waals surface area contributed by atoms with Crippen molar-refractivity contribution in [3.8, 4) is 0 Å². The summed E-state index contributed by atoms with van der Waals surface area (Å²) in [4.78, 5) is 8.68. The quantitative estimate of drug-likeness (QED) is 0.856. The van der Waals surface area contributed by atoms with E-state index in [-0.39, 0.29) is 0 Å². The Labute approximate surface area is 120 Å². The Bertz CT molecular complexity index is 606. The molecule has 0 bridgehead atoms. The Morgan fingerprint density at radius 2 is 1.70 bits per heavy atom. The van der Waals surface area contributed by atoms with E-state index in [0.29, 0.717) is 11.9 Å². The third kappa shape index (κ3) is 2.17. The topological polar surface area (TPSA) is 56.7 Å². The molecular formula is C16H24N4. The van der Waals surface area contributed by atoms with E-state index in [1.807, 2.05) is 0 Å². The van der Waals surface area contributed by atoms with E-state index in [4.69, 9.17) is 5.73 Å². The molecule has 108 valence electrons. The van der Waals surface area contributed by atoms with Crippen molar-refractivity contribution in [3.63, 3.8) is 0 Å². The Morgan fingerprint density at radius 3 is 2.40 bits per heavy atom. The predicted octanol–water partition coefficient (Wildman–Crippen LogP) is 3.92. The standard InChI is InChI=1S/C16H24N4/c1-11-12(2)20(13-8-6-4-3-5-7-9-13)16-14(11)15(17)18-10-19-16/h10,13H,3-9H2,1-2H3,(H2,17,18,19). The van der Waals surface area contributed by atoms with Gasteiger partial charge in [-0.1, -0.05) is 32.1 Å². The molecule has 1 aliphatic carbocycles. The Kier molecular flexibility index (Phi) is 3.64. The molecule has 0 aromatic carbocycles. The first kappa shape index (κ1) is 13.4. The minimum atomic E-state index is 0.570. The third-order valence-electron chi connectivity index (χ3n) is 4.80. The summed E-state index contributed by atoms with van der Waals surface area (Å²) in [6.07, 6.45) is 10.9. The van der Waals surface area contributed by atoms with Crippen LogP contribution in [-0.4, -0.2) is 14.5 Å². The van der Waals surface area contributed by atoms with Crippen LogP contribution in [0, 0.1) is 13.8 Å². The lowest BCUT2D eigenvalue weighted by atomic mass is 9.96. The molecule has 2 heterocycles. The van der Waals surface area contributed by atoms with Crippen LogP contribution in [0.3, 0.4) is 0 Å². The van der Waals surface area contributed by atoms with E-state index in [0.717, 1.165) is 11.0 Å². The zero-order chi connectivity index (χ0) is 14.1. The number of nitrogens with zero attached hydrogens (tertiary/aromatic N) is 3. The molecular weight excluding hydrogens is 248 g/mol. The van der Waals surface area contributed by atoms with Crippen LogP contribution in [0.5, 0.6) is 0 Å². The molecule has 0 amide bonds. The van der Waals surface area contributed by atoms with Gasteiger partial charge in [0.15, 0.2) is 0 Å². The SMILES string of the molecule is Cc1c(C)n(C2CCCCCCC2)c2ncnc(N)c12. The van der Waals surface area contributed by atoms with Crippen molar-refractivity contribution in [1.82, 2.24) is 14.5 Å². The summed E-state index contributed by atoms with van der Waals surface area (Å²) < 4.78 is 2.42. The van der Waals surface area contributed by atoms with E-state index in [2.05, 4.69) is 28.4 Å². The molecule has 3 rings (SSSR count). The van der Waals surface area contributed by atoms with Crippen LogP contribution >= 0.6 is 0 Å². The van der Waals surface area contributed by atoms with Crippen LogP contribution in [0.2, 0.25) is 0 Å². The molecule has 0 spiro atoms. The molecule has 0 radical (unpaired) electrons. The number of hydrogen-bond acceptors (Lipinski definition) is 3. The molecule has 1 fully saturated rings. The van der Waals surface area contributed by atoms with Gasteiger partial charge in [0.2, 0.25) is 0 Å². The van der Waals surface area contributed by atoms with Crippen molar-refractivity contribution in [2.45, 2.75) is 64.8 Å². The first-order valence-electron chi connectivity index (χ1n) is 7.77. The highest BCUT2D eigenvalue weighted by Crippen LogP contribution is 2.34. The average Bonchev–Trinajstić information content (AvgIpc) is 2.64. The molecule has 4 nitrogen and oxygen atoms in total. The molecule has 1 saturated carbocycles. The van der Waals surface area contributed by atoms with Crippen molar-refractivity contribution >= 4 is 16.9 Å². The number of nitrogens with two attached hydrogens (primary N) is 1. The van der Waals surface area contributed by atoms with E-state index in [1.54, 1.807) is 6.33 Å². The Balaban J connectivity index is 2.10. The first-order valence-corrected chi connectivity index (χ1v) is 7.77. The summed E-state index contributed by atoms with van der Waals surface area (Å²) in [6.45, 7) is 4.33. The van der Waals surface area contributed by atoms with Gasteiger partial charge in [-0.2, -0.15) is 0 Å². The van der Waals surface area contributed by atoms with Gasteiger partial charge in [0.25, 0.3) is 0 Å². The minimum Gasteiger partial charge on any atom is -0.383 e. The predicted molar refractivity (Wildman–Crippen MR) is 82.8 cm³/mol. The van der Waals surface area contributed by atoms with Crippen LogP contribution in [0.15, 0.2) is 6.33 Å². The zero-order valence-electron chi connectivity index (χ0n) is 12.5. The first-order chi connectivity index (χ1) is 9.70. The maximum atomic E-state index is 6.06. The van der Waals surface area contributed by atoms with Crippen molar-refractivity contribution in [1.29, 1.82) is 0 Å². The van der Waals surface area contributed by atoms with Crippen LogP contribution < -0.4 is 5.73 Å². The molecule has 0 atom stereocenters. The van der Waals surface area contributed by atoms with Gasteiger partial charge in [-0.15, -0.1) is 0 Å². The Hall–Kier alpha value is -1.58. The molecule has 0 unspecified atom stereocenters.